The molecular formula is C30H24ClN3O5S. The van der Waals surface area contributed by atoms with Gasteiger partial charge in [0.25, 0.3) is 15.9 Å². The van der Waals surface area contributed by atoms with Crippen LogP contribution >= 0.6 is 11.6 Å². The molecule has 0 saturated carbocycles. The minimum absolute atomic E-state index is 0.00421. The molecule has 1 amide bonds. The summed E-state index contributed by atoms with van der Waals surface area (Å²) in [6.07, 6.45) is 0. The van der Waals surface area contributed by atoms with E-state index in [1.54, 1.807) is 43.5 Å². The van der Waals surface area contributed by atoms with Crippen LogP contribution in [-0.4, -0.2) is 33.5 Å². The Morgan fingerprint density at radius 3 is 2.30 bits per heavy atom. The first kappa shape index (κ1) is 27.0. The minimum Gasteiger partial charge on any atom is -0.497 e. The fourth-order valence-electron chi connectivity index (χ4n) is 4.16. The molecule has 0 unspecified atom stereocenters. The lowest BCUT2D eigenvalue weighted by molar-refractivity contribution is 0.102. The Morgan fingerprint density at radius 1 is 0.800 bits per heavy atom. The van der Waals surface area contributed by atoms with Crippen molar-refractivity contribution in [2.75, 3.05) is 24.3 Å². The van der Waals surface area contributed by atoms with E-state index >= 15 is 0 Å². The maximum Gasteiger partial charge on any atom is 0.263 e. The lowest BCUT2D eigenvalue weighted by Gasteiger charge is -2.14. The van der Waals surface area contributed by atoms with E-state index in [1.807, 2.05) is 48.5 Å². The third-order valence-electron chi connectivity index (χ3n) is 6.15. The first-order valence-corrected chi connectivity index (χ1v) is 14.0. The zero-order chi connectivity index (χ0) is 28.3. The van der Waals surface area contributed by atoms with E-state index in [1.165, 1.54) is 19.2 Å². The van der Waals surface area contributed by atoms with Crippen LogP contribution in [0.5, 0.6) is 11.5 Å². The van der Waals surface area contributed by atoms with Crippen LogP contribution in [0, 0.1) is 0 Å². The second-order valence-corrected chi connectivity index (χ2v) is 10.8. The number of nitrogens with zero attached hydrogens (tertiary/aromatic N) is 1. The Bertz CT molecular complexity index is 1830. The van der Waals surface area contributed by atoms with Crippen LogP contribution in [0.4, 0.5) is 11.4 Å². The smallest absolute Gasteiger partial charge is 0.263 e. The largest absolute Gasteiger partial charge is 0.497 e. The zero-order valence-electron chi connectivity index (χ0n) is 21.5. The van der Waals surface area contributed by atoms with Crippen LogP contribution in [0.15, 0.2) is 102 Å². The number of anilines is 2. The number of hydrogen-bond donors (Lipinski definition) is 2. The van der Waals surface area contributed by atoms with Gasteiger partial charge in [-0.15, -0.1) is 0 Å². The monoisotopic (exact) mass is 573 g/mol. The number of rotatable bonds is 8. The highest BCUT2D eigenvalue weighted by Crippen LogP contribution is 2.30. The number of amides is 1. The van der Waals surface area contributed by atoms with Crippen molar-refractivity contribution >= 4 is 49.8 Å². The maximum atomic E-state index is 13.5. The second-order valence-electron chi connectivity index (χ2n) is 8.74. The number of halogens is 1. The maximum absolute atomic E-state index is 13.5. The quantitative estimate of drug-likeness (QED) is 0.216. The molecule has 0 saturated heterocycles. The van der Waals surface area contributed by atoms with Crippen LogP contribution in [0.3, 0.4) is 0 Å². The molecule has 40 heavy (non-hydrogen) atoms. The van der Waals surface area contributed by atoms with E-state index < -0.39 is 15.9 Å². The van der Waals surface area contributed by atoms with Crippen molar-refractivity contribution in [1.29, 1.82) is 0 Å². The molecular weight excluding hydrogens is 550 g/mol. The highest BCUT2D eigenvalue weighted by Gasteiger charge is 2.21. The van der Waals surface area contributed by atoms with Crippen molar-refractivity contribution in [1.82, 2.24) is 4.98 Å². The summed E-state index contributed by atoms with van der Waals surface area (Å²) < 4.78 is 39.3. The Morgan fingerprint density at radius 2 is 1.55 bits per heavy atom. The van der Waals surface area contributed by atoms with Gasteiger partial charge in [-0.1, -0.05) is 35.9 Å². The lowest BCUT2D eigenvalue weighted by atomic mass is 10.0. The van der Waals surface area contributed by atoms with Crippen LogP contribution in [-0.2, 0) is 10.0 Å². The van der Waals surface area contributed by atoms with Crippen molar-refractivity contribution in [2.24, 2.45) is 0 Å². The first-order valence-electron chi connectivity index (χ1n) is 12.1. The average molecular weight is 574 g/mol. The van der Waals surface area contributed by atoms with E-state index in [0.717, 1.165) is 5.56 Å². The Hall–Kier alpha value is -4.60. The number of methoxy groups -OCH3 is 2. The number of benzene rings is 4. The molecule has 2 N–H and O–H groups in total. The van der Waals surface area contributed by atoms with Crippen LogP contribution in [0.2, 0.25) is 5.02 Å². The molecule has 0 fully saturated rings. The van der Waals surface area contributed by atoms with E-state index in [4.69, 9.17) is 26.1 Å². The highest BCUT2D eigenvalue weighted by atomic mass is 35.5. The van der Waals surface area contributed by atoms with Gasteiger partial charge in [0, 0.05) is 22.7 Å². The molecule has 10 heteroatoms. The third-order valence-corrected chi connectivity index (χ3v) is 8.01. The molecule has 4 aromatic carbocycles. The Labute approximate surface area is 236 Å². The summed E-state index contributed by atoms with van der Waals surface area (Å²) in [5.74, 6) is 0.766. The molecule has 0 aliphatic heterocycles. The number of carbonyl (C=O) groups excluding carboxylic acids is 1. The summed E-state index contributed by atoms with van der Waals surface area (Å²) in [5, 5.41) is 3.47. The topological polar surface area (TPSA) is 107 Å². The predicted molar refractivity (Wildman–Crippen MR) is 157 cm³/mol. The molecule has 0 atom stereocenters. The number of para-hydroxylation sites is 1. The number of sulfonamides is 1. The van der Waals surface area contributed by atoms with Gasteiger partial charge in [0.1, 0.15) is 16.4 Å². The molecule has 0 radical (unpaired) electrons. The summed E-state index contributed by atoms with van der Waals surface area (Å²) in [4.78, 5) is 18.1. The molecule has 0 spiro atoms. The summed E-state index contributed by atoms with van der Waals surface area (Å²) in [6, 6.07) is 27.2. The average Bonchev–Trinajstić information content (AvgIpc) is 2.97. The van der Waals surface area contributed by atoms with Crippen molar-refractivity contribution < 1.29 is 22.7 Å². The van der Waals surface area contributed by atoms with Crippen LogP contribution < -0.4 is 19.5 Å². The molecule has 0 aliphatic rings. The fraction of sp³-hybridized carbons (Fsp3) is 0.0667. The highest BCUT2D eigenvalue weighted by molar-refractivity contribution is 7.92. The number of pyridine rings is 1. The van der Waals surface area contributed by atoms with Gasteiger partial charge in [0.15, 0.2) is 0 Å². The van der Waals surface area contributed by atoms with Gasteiger partial charge in [0.05, 0.1) is 41.7 Å². The van der Waals surface area contributed by atoms with Gasteiger partial charge in [0.2, 0.25) is 0 Å². The van der Waals surface area contributed by atoms with E-state index in [-0.39, 0.29) is 15.6 Å². The number of carbonyl (C=O) groups is 1. The molecule has 5 aromatic rings. The molecule has 1 heterocycles. The molecule has 0 bridgehead atoms. The van der Waals surface area contributed by atoms with Gasteiger partial charge in [-0.25, -0.2) is 13.4 Å². The normalized spacial score (nSPS) is 11.2. The number of aromatic nitrogens is 1. The number of hydrogen-bond acceptors (Lipinski definition) is 6. The van der Waals surface area contributed by atoms with Crippen molar-refractivity contribution in [2.45, 2.75) is 4.90 Å². The van der Waals surface area contributed by atoms with Gasteiger partial charge in [-0.3, -0.25) is 9.52 Å². The Balaban J connectivity index is 1.47. The summed E-state index contributed by atoms with van der Waals surface area (Å²) >= 11 is 6.27. The van der Waals surface area contributed by atoms with Gasteiger partial charge in [-0.05, 0) is 66.7 Å². The van der Waals surface area contributed by atoms with Gasteiger partial charge in [-0.2, -0.15) is 0 Å². The van der Waals surface area contributed by atoms with E-state index in [0.29, 0.717) is 39.3 Å². The fourth-order valence-corrected chi connectivity index (χ4v) is 5.73. The molecule has 8 nitrogen and oxygen atoms in total. The lowest BCUT2D eigenvalue weighted by Crippen LogP contribution is -2.16. The third kappa shape index (κ3) is 5.70. The summed E-state index contributed by atoms with van der Waals surface area (Å²) in [7, 11) is -1.00. The Kier molecular flexibility index (Phi) is 7.59. The molecule has 202 valence electrons. The summed E-state index contributed by atoms with van der Waals surface area (Å²) in [6.45, 7) is 0. The zero-order valence-corrected chi connectivity index (χ0v) is 23.1. The van der Waals surface area contributed by atoms with Crippen LogP contribution in [0.25, 0.3) is 22.2 Å². The summed E-state index contributed by atoms with van der Waals surface area (Å²) in [5.41, 5.74) is 3.00. The van der Waals surface area contributed by atoms with Crippen LogP contribution in [0.1, 0.15) is 10.4 Å². The van der Waals surface area contributed by atoms with Gasteiger partial charge >= 0.3 is 0 Å². The SMILES string of the molecule is COc1ccc(-c2cc(C(=O)Nc3ccc(Cl)c(S(=O)(=O)Nc4cccc(OC)c4)c3)c3ccccc3n2)cc1. The predicted octanol–water partition coefficient (Wildman–Crippen LogP) is 6.63. The number of ether oxygens (including phenoxy) is 2. The number of fused-ring (bicyclic) bond motifs is 1. The first-order chi connectivity index (χ1) is 19.3. The number of nitrogens with one attached hydrogen (secondary N) is 2. The second kappa shape index (κ2) is 11.3. The molecule has 5 rings (SSSR count). The van der Waals surface area contributed by atoms with Crippen molar-refractivity contribution in [3.63, 3.8) is 0 Å². The van der Waals surface area contributed by atoms with Gasteiger partial charge < -0.3 is 14.8 Å². The van der Waals surface area contributed by atoms with E-state index in [9.17, 15) is 13.2 Å². The standard InChI is InChI=1S/C30H24ClN3O5S/c1-38-22-13-10-19(11-14-22)28-18-25(24-8-3-4-9-27(24)33-28)30(35)32-20-12-15-26(31)29(17-20)40(36,37)34-21-6-5-7-23(16-21)39-2/h3-18,34H,1-2H3,(H,32,35). The molecule has 0 aliphatic carbocycles. The molecule has 1 aromatic heterocycles. The van der Waals surface area contributed by atoms with Crippen molar-refractivity contribution in [3.05, 3.63) is 108 Å². The van der Waals surface area contributed by atoms with Crippen molar-refractivity contribution in [3.8, 4) is 22.8 Å². The van der Waals surface area contributed by atoms with E-state index in [2.05, 4.69) is 10.0 Å². The minimum atomic E-state index is -4.08.